The molecule has 136 valence electrons. The topological polar surface area (TPSA) is 82.2 Å². The third kappa shape index (κ3) is 5.38. The Balaban J connectivity index is 1.37. The van der Waals surface area contributed by atoms with Crippen LogP contribution in [0.25, 0.3) is 0 Å². The van der Waals surface area contributed by atoms with Crippen molar-refractivity contribution in [3.05, 3.63) is 60.3 Å². The molecule has 1 amide bonds. The molecule has 2 aromatic heterocycles. The Kier molecular flexibility index (Phi) is 6.32. The van der Waals surface area contributed by atoms with E-state index >= 15 is 0 Å². The maximum atomic E-state index is 12.0. The van der Waals surface area contributed by atoms with Crippen LogP contribution in [0.15, 0.2) is 58.6 Å². The van der Waals surface area contributed by atoms with Gasteiger partial charge in [-0.15, -0.1) is 10.2 Å². The number of thioether (sulfide) groups is 1. The van der Waals surface area contributed by atoms with Crippen LogP contribution in [-0.4, -0.2) is 39.6 Å². The average Bonchev–Trinajstić information content (AvgIpc) is 3.29. The highest BCUT2D eigenvalue weighted by Gasteiger charge is 2.10. The van der Waals surface area contributed by atoms with E-state index < -0.39 is 0 Å². The summed E-state index contributed by atoms with van der Waals surface area (Å²) in [7, 11) is 0. The number of carbonyl (C=O) groups is 1. The molecule has 26 heavy (non-hydrogen) atoms. The number of aryl methyl sites for hydroxylation is 1. The van der Waals surface area contributed by atoms with Crippen molar-refractivity contribution in [3.63, 3.8) is 0 Å². The Hall–Kier alpha value is -2.74. The number of carbonyl (C=O) groups excluding carboxylic acids is 1. The van der Waals surface area contributed by atoms with Gasteiger partial charge in [0, 0.05) is 0 Å². The smallest absolute Gasteiger partial charge is 0.230 e. The number of hydrogen-bond acceptors (Lipinski definition) is 6. The Labute approximate surface area is 155 Å². The van der Waals surface area contributed by atoms with Crippen LogP contribution in [0.5, 0.6) is 5.75 Å². The van der Waals surface area contributed by atoms with E-state index in [9.17, 15) is 4.79 Å². The molecule has 0 aliphatic rings. The fraction of sp³-hybridized carbons (Fsp3) is 0.278. The van der Waals surface area contributed by atoms with E-state index in [1.807, 2.05) is 47.9 Å². The fourth-order valence-corrected chi connectivity index (χ4v) is 3.03. The van der Waals surface area contributed by atoms with Crippen LogP contribution in [-0.2, 0) is 11.3 Å². The molecule has 0 aliphatic carbocycles. The molecular weight excluding hydrogens is 352 g/mol. The summed E-state index contributed by atoms with van der Waals surface area (Å²) in [6.07, 6.45) is 3.25. The highest BCUT2D eigenvalue weighted by Crippen LogP contribution is 2.16. The lowest BCUT2D eigenvalue weighted by Crippen LogP contribution is -2.29. The van der Waals surface area contributed by atoms with E-state index in [0.29, 0.717) is 24.9 Å². The van der Waals surface area contributed by atoms with Crippen LogP contribution in [0, 0.1) is 6.92 Å². The molecule has 0 atom stereocenters. The van der Waals surface area contributed by atoms with Gasteiger partial charge in [0.2, 0.25) is 5.91 Å². The lowest BCUT2D eigenvalue weighted by Gasteiger charge is -2.08. The zero-order valence-electron chi connectivity index (χ0n) is 14.4. The van der Waals surface area contributed by atoms with Gasteiger partial charge in [-0.1, -0.05) is 23.9 Å². The molecule has 2 heterocycles. The Morgan fingerprint density at radius 2 is 2.27 bits per heavy atom. The van der Waals surface area contributed by atoms with Gasteiger partial charge in [-0.05, 0) is 36.8 Å². The van der Waals surface area contributed by atoms with E-state index in [1.54, 1.807) is 12.6 Å². The molecule has 0 unspecified atom stereocenters. The van der Waals surface area contributed by atoms with Gasteiger partial charge in [0.25, 0.3) is 0 Å². The van der Waals surface area contributed by atoms with Gasteiger partial charge in [0.15, 0.2) is 5.16 Å². The molecule has 0 saturated heterocycles. The number of hydrogen-bond donors (Lipinski definition) is 1. The first-order chi connectivity index (χ1) is 12.7. The second kappa shape index (κ2) is 9.10. The summed E-state index contributed by atoms with van der Waals surface area (Å²) in [5.41, 5.74) is 1.14. The number of amides is 1. The SMILES string of the molecule is Cc1cccc(OCCNC(=O)CSc2nncn2Cc2ccco2)c1. The van der Waals surface area contributed by atoms with Crippen LogP contribution < -0.4 is 10.1 Å². The number of furan rings is 1. The van der Waals surface area contributed by atoms with Gasteiger partial charge < -0.3 is 19.0 Å². The quantitative estimate of drug-likeness (QED) is 0.459. The zero-order valence-corrected chi connectivity index (χ0v) is 15.2. The van der Waals surface area contributed by atoms with E-state index in [0.717, 1.165) is 17.1 Å². The van der Waals surface area contributed by atoms with Crippen LogP contribution >= 0.6 is 11.8 Å². The Bertz CT molecular complexity index is 833. The first kappa shape index (κ1) is 18.1. The molecular formula is C18H20N4O3S. The van der Waals surface area contributed by atoms with Gasteiger partial charge in [-0.25, -0.2) is 0 Å². The molecule has 1 aromatic carbocycles. The maximum Gasteiger partial charge on any atom is 0.230 e. The van der Waals surface area contributed by atoms with Gasteiger partial charge >= 0.3 is 0 Å². The van der Waals surface area contributed by atoms with E-state index in [-0.39, 0.29) is 11.7 Å². The van der Waals surface area contributed by atoms with Crippen molar-refractivity contribution < 1.29 is 13.9 Å². The molecule has 0 fully saturated rings. The predicted octanol–water partition coefficient (Wildman–Crippen LogP) is 2.52. The first-order valence-corrected chi connectivity index (χ1v) is 9.18. The number of benzene rings is 1. The van der Waals surface area contributed by atoms with Gasteiger partial charge in [-0.2, -0.15) is 0 Å². The highest BCUT2D eigenvalue weighted by atomic mass is 32.2. The molecule has 3 rings (SSSR count). The number of nitrogens with zero attached hydrogens (tertiary/aromatic N) is 3. The second-order valence-electron chi connectivity index (χ2n) is 5.62. The summed E-state index contributed by atoms with van der Waals surface area (Å²) in [4.78, 5) is 12.0. The third-order valence-electron chi connectivity index (χ3n) is 3.50. The molecule has 0 bridgehead atoms. The van der Waals surface area contributed by atoms with Crippen LogP contribution in [0.4, 0.5) is 0 Å². The fourth-order valence-electron chi connectivity index (χ4n) is 2.28. The van der Waals surface area contributed by atoms with Crippen molar-refractivity contribution in [3.8, 4) is 5.75 Å². The van der Waals surface area contributed by atoms with Gasteiger partial charge in [-0.3, -0.25) is 4.79 Å². The molecule has 1 N–H and O–H groups in total. The number of nitrogens with one attached hydrogen (secondary N) is 1. The zero-order chi connectivity index (χ0) is 18.2. The number of aromatic nitrogens is 3. The second-order valence-corrected chi connectivity index (χ2v) is 6.57. The van der Waals surface area contributed by atoms with Gasteiger partial charge in [0.05, 0.1) is 25.1 Å². The minimum atomic E-state index is -0.0737. The minimum absolute atomic E-state index is 0.0737. The molecule has 7 nitrogen and oxygen atoms in total. The normalized spacial score (nSPS) is 10.7. The average molecular weight is 372 g/mol. The van der Waals surface area contributed by atoms with Gasteiger partial charge in [0.1, 0.15) is 24.4 Å². The van der Waals surface area contributed by atoms with Crippen LogP contribution in [0.3, 0.4) is 0 Å². The standard InChI is InChI=1S/C18H20N4O3S/c1-14-4-2-5-15(10-14)25-9-7-19-17(23)12-26-18-21-20-13-22(18)11-16-6-3-8-24-16/h2-6,8,10,13H,7,9,11-12H2,1H3,(H,19,23). The summed E-state index contributed by atoms with van der Waals surface area (Å²) in [6.45, 7) is 3.42. The molecule has 0 radical (unpaired) electrons. The number of ether oxygens (including phenoxy) is 1. The minimum Gasteiger partial charge on any atom is -0.492 e. The first-order valence-electron chi connectivity index (χ1n) is 8.20. The largest absolute Gasteiger partial charge is 0.492 e. The van der Waals surface area contributed by atoms with Crippen molar-refractivity contribution in [1.29, 1.82) is 0 Å². The molecule has 3 aromatic rings. The van der Waals surface area contributed by atoms with E-state index in [2.05, 4.69) is 15.5 Å². The van der Waals surface area contributed by atoms with Crippen molar-refractivity contribution in [2.24, 2.45) is 0 Å². The van der Waals surface area contributed by atoms with Crippen molar-refractivity contribution in [2.75, 3.05) is 18.9 Å². The van der Waals surface area contributed by atoms with Crippen molar-refractivity contribution in [1.82, 2.24) is 20.1 Å². The maximum absolute atomic E-state index is 12.0. The Morgan fingerprint density at radius 3 is 3.08 bits per heavy atom. The van der Waals surface area contributed by atoms with Crippen LogP contribution in [0.2, 0.25) is 0 Å². The lowest BCUT2D eigenvalue weighted by molar-refractivity contribution is -0.118. The number of rotatable bonds is 9. The molecule has 8 heteroatoms. The van der Waals surface area contributed by atoms with E-state index in [4.69, 9.17) is 9.15 Å². The molecule has 0 spiro atoms. The predicted molar refractivity (Wildman–Crippen MR) is 98.2 cm³/mol. The van der Waals surface area contributed by atoms with Crippen LogP contribution in [0.1, 0.15) is 11.3 Å². The lowest BCUT2D eigenvalue weighted by atomic mass is 10.2. The van der Waals surface area contributed by atoms with E-state index in [1.165, 1.54) is 11.8 Å². The van der Waals surface area contributed by atoms with Crippen molar-refractivity contribution in [2.45, 2.75) is 18.6 Å². The summed E-state index contributed by atoms with van der Waals surface area (Å²) in [6, 6.07) is 11.5. The molecule has 0 aliphatic heterocycles. The highest BCUT2D eigenvalue weighted by molar-refractivity contribution is 7.99. The third-order valence-corrected chi connectivity index (χ3v) is 4.48. The summed E-state index contributed by atoms with van der Waals surface area (Å²) in [5, 5.41) is 11.4. The Morgan fingerprint density at radius 1 is 1.35 bits per heavy atom. The summed E-state index contributed by atoms with van der Waals surface area (Å²) >= 11 is 1.33. The summed E-state index contributed by atoms with van der Waals surface area (Å²) < 4.78 is 12.8. The molecule has 0 saturated carbocycles. The monoisotopic (exact) mass is 372 g/mol. The summed E-state index contributed by atoms with van der Waals surface area (Å²) in [5.74, 6) is 1.81. The van der Waals surface area contributed by atoms with Crippen molar-refractivity contribution >= 4 is 17.7 Å².